The smallest absolute Gasteiger partial charge is 0.257 e. The van der Waals surface area contributed by atoms with Gasteiger partial charge >= 0.3 is 0 Å². The number of alkyl halides is 2. The van der Waals surface area contributed by atoms with Crippen molar-refractivity contribution in [2.75, 3.05) is 17.7 Å². The molecule has 1 heterocycles. The van der Waals surface area contributed by atoms with Crippen molar-refractivity contribution in [2.24, 2.45) is 5.92 Å². The summed E-state index contributed by atoms with van der Waals surface area (Å²) in [7, 11) is 1.71. The number of rotatable bonds is 5. The zero-order valence-corrected chi connectivity index (χ0v) is 22.9. The number of carbonyl (C=O) groups excluding carboxylic acids is 3. The van der Waals surface area contributed by atoms with Gasteiger partial charge in [0.2, 0.25) is 5.91 Å². The molecule has 3 amide bonds. The van der Waals surface area contributed by atoms with E-state index >= 15 is 0 Å². The monoisotopic (exact) mass is 595 g/mol. The van der Waals surface area contributed by atoms with E-state index in [0.717, 1.165) is 5.56 Å². The van der Waals surface area contributed by atoms with Crippen molar-refractivity contribution in [1.82, 2.24) is 4.90 Å². The van der Waals surface area contributed by atoms with Crippen LogP contribution in [0.25, 0.3) is 0 Å². The van der Waals surface area contributed by atoms with E-state index in [1.807, 2.05) is 0 Å². The van der Waals surface area contributed by atoms with Crippen molar-refractivity contribution >= 4 is 87.1 Å². The van der Waals surface area contributed by atoms with Gasteiger partial charge in [-0.1, -0.05) is 34.8 Å². The minimum absolute atomic E-state index is 0.0614. The van der Waals surface area contributed by atoms with Crippen molar-refractivity contribution in [1.29, 1.82) is 0 Å². The highest BCUT2D eigenvalue weighted by atomic mass is 35.5. The molecule has 0 saturated heterocycles. The number of nitrogens with one attached hydrogen (secondary N) is 2. The van der Waals surface area contributed by atoms with Gasteiger partial charge in [0, 0.05) is 46.5 Å². The highest BCUT2D eigenvalue weighted by Crippen LogP contribution is 2.65. The third-order valence-electron chi connectivity index (χ3n) is 6.41. The number of nitrogens with zero attached hydrogens (tertiary/aromatic N) is 1. The summed E-state index contributed by atoms with van der Waals surface area (Å²) in [6.45, 7) is 0.465. The third-order valence-corrected chi connectivity index (χ3v) is 8.11. The lowest BCUT2D eigenvalue weighted by molar-refractivity contribution is -0.117. The third kappa shape index (κ3) is 5.01. The Morgan fingerprint density at radius 1 is 0.919 bits per heavy atom. The first-order chi connectivity index (χ1) is 17.5. The summed E-state index contributed by atoms with van der Waals surface area (Å²) in [5.74, 6) is -2.22. The molecule has 1 aliphatic carbocycles. The summed E-state index contributed by atoms with van der Waals surface area (Å²) in [5, 5.41) is 6.58. The normalized spacial score (nSPS) is 19.4. The number of carbonyl (C=O) groups is 3. The Hall–Kier alpha value is -2.48. The predicted octanol–water partition coefficient (Wildman–Crippen LogP) is 7.01. The molecule has 6 nitrogen and oxygen atoms in total. The summed E-state index contributed by atoms with van der Waals surface area (Å²) in [4.78, 5) is 39.8. The van der Waals surface area contributed by atoms with E-state index in [9.17, 15) is 14.4 Å². The summed E-state index contributed by atoms with van der Waals surface area (Å²) in [6.07, 6.45) is 0. The van der Waals surface area contributed by atoms with E-state index in [1.165, 1.54) is 12.1 Å². The summed E-state index contributed by atoms with van der Waals surface area (Å²) in [6, 6.07) is 14.6. The van der Waals surface area contributed by atoms with Crippen molar-refractivity contribution in [3.63, 3.8) is 0 Å². The molecule has 2 unspecified atom stereocenters. The molecule has 2 N–H and O–H groups in total. The molecule has 0 aromatic heterocycles. The maximum Gasteiger partial charge on any atom is 0.257 e. The molecular weight excluding hydrogens is 580 g/mol. The molecule has 3 aromatic carbocycles. The molecule has 1 saturated carbocycles. The van der Waals surface area contributed by atoms with Crippen molar-refractivity contribution in [3.05, 3.63) is 91.9 Å². The van der Waals surface area contributed by atoms with Gasteiger partial charge in [-0.2, -0.15) is 0 Å². The number of benzene rings is 3. The second-order valence-corrected chi connectivity index (χ2v) is 11.7. The van der Waals surface area contributed by atoms with Gasteiger partial charge < -0.3 is 15.5 Å². The number of hydrogen-bond donors (Lipinski definition) is 2. The van der Waals surface area contributed by atoms with Gasteiger partial charge in [0.25, 0.3) is 11.8 Å². The fourth-order valence-corrected chi connectivity index (χ4v) is 6.14. The molecule has 0 radical (unpaired) electrons. The molecular formula is C26H18Cl5N3O3. The molecule has 1 fully saturated rings. The lowest BCUT2D eigenvalue weighted by Crippen LogP contribution is -2.18. The zero-order valence-electron chi connectivity index (χ0n) is 19.1. The molecule has 3 aromatic rings. The Labute approximate surface area is 237 Å². The van der Waals surface area contributed by atoms with E-state index in [4.69, 9.17) is 58.0 Å². The van der Waals surface area contributed by atoms with E-state index in [0.29, 0.717) is 39.1 Å². The van der Waals surface area contributed by atoms with Gasteiger partial charge in [0.1, 0.15) is 4.33 Å². The van der Waals surface area contributed by atoms with Crippen LogP contribution in [0.2, 0.25) is 15.1 Å². The Balaban J connectivity index is 1.31. The maximum absolute atomic E-state index is 13.1. The van der Waals surface area contributed by atoms with Gasteiger partial charge in [-0.05, 0) is 65.7 Å². The van der Waals surface area contributed by atoms with Crippen LogP contribution in [0.15, 0.2) is 54.6 Å². The van der Waals surface area contributed by atoms with Crippen LogP contribution >= 0.6 is 58.0 Å². The van der Waals surface area contributed by atoms with Gasteiger partial charge in [-0.15, -0.1) is 23.2 Å². The van der Waals surface area contributed by atoms with E-state index in [-0.39, 0.29) is 16.5 Å². The van der Waals surface area contributed by atoms with Crippen LogP contribution in [0.4, 0.5) is 11.4 Å². The number of hydrogen-bond acceptors (Lipinski definition) is 3. The van der Waals surface area contributed by atoms with Crippen molar-refractivity contribution in [3.8, 4) is 0 Å². The fraction of sp³-hybridized carbons (Fsp3) is 0.192. The Morgan fingerprint density at radius 2 is 1.57 bits per heavy atom. The molecule has 0 bridgehead atoms. The molecule has 11 heteroatoms. The highest BCUT2D eigenvalue weighted by molar-refractivity contribution is 6.53. The minimum Gasteiger partial charge on any atom is -0.337 e. The summed E-state index contributed by atoms with van der Waals surface area (Å²) in [5.41, 5.74) is 3.11. The number of fused-ring (bicyclic) bond motifs is 1. The first kappa shape index (κ1) is 26.1. The molecule has 2 aliphatic rings. The van der Waals surface area contributed by atoms with Crippen molar-refractivity contribution in [2.45, 2.75) is 16.8 Å². The van der Waals surface area contributed by atoms with Crippen LogP contribution in [-0.2, 0) is 11.3 Å². The highest BCUT2D eigenvalue weighted by Gasteiger charge is 2.67. The predicted molar refractivity (Wildman–Crippen MR) is 147 cm³/mol. The Bertz CT molecular complexity index is 1460. The first-order valence-electron chi connectivity index (χ1n) is 11.1. The maximum atomic E-state index is 13.1. The lowest BCUT2D eigenvalue weighted by Gasteiger charge is -2.11. The number of amides is 3. The van der Waals surface area contributed by atoms with Crippen molar-refractivity contribution < 1.29 is 14.4 Å². The second kappa shape index (κ2) is 9.68. The van der Waals surface area contributed by atoms with E-state index < -0.39 is 28.0 Å². The Kier molecular flexibility index (Phi) is 6.84. The molecule has 0 spiro atoms. The van der Waals surface area contributed by atoms with Crippen LogP contribution in [-0.4, -0.2) is 34.0 Å². The van der Waals surface area contributed by atoms with Crippen LogP contribution in [0.5, 0.6) is 0 Å². The molecule has 37 heavy (non-hydrogen) atoms. The standard InChI is InChI=1S/C26H18Cl5N3O3/c1-34-11-13-8-16(2-4-18(13)25(34)37)32-23(35)19-10-17(3-5-20(19)29)33-24(36)22-21(26(22,30)31)12-6-14(27)9-15(28)7-12/h2-10,21-22H,11H2,1H3,(H,32,35)(H,33,36). The average molecular weight is 598 g/mol. The topological polar surface area (TPSA) is 78.5 Å². The summed E-state index contributed by atoms with van der Waals surface area (Å²) >= 11 is 31.4. The average Bonchev–Trinajstić information content (AvgIpc) is 3.29. The number of anilines is 2. The molecule has 5 rings (SSSR count). The van der Waals surface area contributed by atoms with Crippen LogP contribution in [0, 0.1) is 5.92 Å². The van der Waals surface area contributed by atoms with E-state index in [1.54, 1.807) is 54.4 Å². The van der Waals surface area contributed by atoms with Gasteiger partial charge in [-0.25, -0.2) is 0 Å². The summed E-state index contributed by atoms with van der Waals surface area (Å²) < 4.78 is -1.34. The van der Waals surface area contributed by atoms with Crippen LogP contribution < -0.4 is 10.6 Å². The van der Waals surface area contributed by atoms with Crippen LogP contribution in [0.1, 0.15) is 37.8 Å². The van der Waals surface area contributed by atoms with Gasteiger partial charge in [0.05, 0.1) is 16.5 Å². The first-order valence-corrected chi connectivity index (χ1v) is 13.0. The van der Waals surface area contributed by atoms with Crippen LogP contribution in [0.3, 0.4) is 0 Å². The van der Waals surface area contributed by atoms with Gasteiger partial charge in [-0.3, -0.25) is 14.4 Å². The molecule has 1 aliphatic heterocycles. The lowest BCUT2D eigenvalue weighted by atomic mass is 10.1. The molecule has 190 valence electrons. The quantitative estimate of drug-likeness (QED) is 0.311. The minimum atomic E-state index is -1.34. The SMILES string of the molecule is CN1Cc2cc(NC(=O)c3cc(NC(=O)C4C(c5cc(Cl)cc(Cl)c5)C4(Cl)Cl)ccc3Cl)ccc2C1=O. The van der Waals surface area contributed by atoms with E-state index in [2.05, 4.69) is 10.6 Å². The largest absolute Gasteiger partial charge is 0.337 e. The molecule has 2 atom stereocenters. The second-order valence-electron chi connectivity index (χ2n) is 9.00. The fourth-order valence-electron chi connectivity index (χ4n) is 4.56. The number of halogens is 5. The Morgan fingerprint density at radius 3 is 2.27 bits per heavy atom. The zero-order chi connectivity index (χ0) is 26.6. The van der Waals surface area contributed by atoms with Gasteiger partial charge in [0.15, 0.2) is 0 Å².